The van der Waals surface area contributed by atoms with Gasteiger partial charge in [-0.05, 0) is 43.5 Å². The summed E-state index contributed by atoms with van der Waals surface area (Å²) in [5.41, 5.74) is 1.38. The highest BCUT2D eigenvalue weighted by Gasteiger charge is 2.54. The van der Waals surface area contributed by atoms with Crippen LogP contribution in [0.4, 0.5) is 0 Å². The molecule has 1 unspecified atom stereocenters. The Labute approximate surface area is 224 Å². The van der Waals surface area contributed by atoms with Gasteiger partial charge >= 0.3 is 5.97 Å². The van der Waals surface area contributed by atoms with E-state index in [1.165, 1.54) is 18.2 Å². The Morgan fingerprint density at radius 2 is 1.82 bits per heavy atom. The number of carbonyl (C=O) groups excluding carboxylic acids is 3. The second kappa shape index (κ2) is 8.90. The lowest BCUT2D eigenvalue weighted by Gasteiger charge is -2.40. The topological polar surface area (TPSA) is 143 Å². The van der Waals surface area contributed by atoms with Gasteiger partial charge in [0.05, 0.1) is 23.3 Å². The Morgan fingerprint density at radius 1 is 1.08 bits per heavy atom. The number of aliphatic hydroxyl groups excluding tert-OH is 2. The molecule has 4 aliphatic rings. The first kappa shape index (κ1) is 25.5. The molecule has 2 aromatic carbocycles. The van der Waals surface area contributed by atoms with Crippen LogP contribution in [0.1, 0.15) is 70.8 Å². The number of allylic oxidation sites excluding steroid dienone is 2. The van der Waals surface area contributed by atoms with E-state index in [2.05, 4.69) is 0 Å². The maximum absolute atomic E-state index is 14.3. The minimum atomic E-state index is -1.09. The standard InChI is InChI=1S/C29H29NO9/c1-11(2)23-29(36)39-28-15-8-12(3)9-16(31)20(15)22-24(30(23)28)27(35)21-14(26(22)34)6-5-7-18(21)38-19-10-17(32)25(33)13(4)37-19/h5-9,11,13,17,19,23,25,28,31-33H,10H2,1-4H3/t13-,17+,19-,23-,25-,28?/m0/s1. The molecule has 0 saturated carbocycles. The van der Waals surface area contributed by atoms with Gasteiger partial charge in [-0.3, -0.25) is 9.59 Å². The molecular weight excluding hydrogens is 506 g/mol. The molecular formula is C29H29NO9. The smallest absolute Gasteiger partial charge is 0.331 e. The summed E-state index contributed by atoms with van der Waals surface area (Å²) in [6.45, 7) is 7.04. The number of aromatic hydroxyl groups is 1. The van der Waals surface area contributed by atoms with Crippen LogP contribution >= 0.6 is 0 Å². The predicted molar refractivity (Wildman–Crippen MR) is 136 cm³/mol. The van der Waals surface area contributed by atoms with E-state index >= 15 is 0 Å². The van der Waals surface area contributed by atoms with Crippen LogP contribution in [-0.4, -0.2) is 68.4 Å². The van der Waals surface area contributed by atoms with E-state index in [1.807, 2.05) is 13.8 Å². The maximum atomic E-state index is 14.3. The van der Waals surface area contributed by atoms with E-state index < -0.39 is 54.4 Å². The number of aliphatic hydroxyl groups is 2. The molecule has 3 aliphatic heterocycles. The number of phenolic OH excluding ortho intramolecular Hbond substituents is 1. The van der Waals surface area contributed by atoms with Crippen LogP contribution in [0.5, 0.6) is 11.5 Å². The molecule has 0 radical (unpaired) electrons. The molecule has 2 saturated heterocycles. The highest BCUT2D eigenvalue weighted by atomic mass is 16.7. The zero-order chi connectivity index (χ0) is 27.9. The molecule has 6 atom stereocenters. The van der Waals surface area contributed by atoms with Gasteiger partial charge in [-0.1, -0.05) is 26.0 Å². The van der Waals surface area contributed by atoms with E-state index in [0.717, 1.165) is 0 Å². The minimum Gasteiger partial charge on any atom is -0.507 e. The minimum absolute atomic E-state index is 0.00577. The number of esters is 1. The number of aryl methyl sites for hydroxylation is 1. The molecule has 10 heteroatoms. The summed E-state index contributed by atoms with van der Waals surface area (Å²) in [7, 11) is 0. The first-order valence-electron chi connectivity index (χ1n) is 13.0. The first-order chi connectivity index (χ1) is 18.5. The molecule has 39 heavy (non-hydrogen) atoms. The number of nitrogens with zero attached hydrogens (tertiary/aromatic N) is 1. The number of fused-ring (bicyclic) bond motifs is 6. The second-order valence-corrected chi connectivity index (χ2v) is 10.9. The highest BCUT2D eigenvalue weighted by molar-refractivity contribution is 6.41. The molecule has 6 rings (SSSR count). The zero-order valence-electron chi connectivity index (χ0n) is 21.9. The fraction of sp³-hybridized carbons (Fsp3) is 0.414. The van der Waals surface area contributed by atoms with Crippen molar-refractivity contribution in [2.45, 2.75) is 71.0 Å². The third kappa shape index (κ3) is 3.70. The summed E-state index contributed by atoms with van der Waals surface area (Å²) >= 11 is 0. The molecule has 10 nitrogen and oxygen atoms in total. The van der Waals surface area contributed by atoms with Gasteiger partial charge in [0.25, 0.3) is 0 Å². The normalized spacial score (nSPS) is 29.6. The molecule has 0 spiro atoms. The van der Waals surface area contributed by atoms with E-state index in [9.17, 15) is 29.7 Å². The van der Waals surface area contributed by atoms with Crippen molar-refractivity contribution in [3.63, 3.8) is 0 Å². The molecule has 3 N–H and O–H groups in total. The fourth-order valence-corrected chi connectivity index (χ4v) is 6.07. The van der Waals surface area contributed by atoms with Crippen LogP contribution in [0.2, 0.25) is 0 Å². The van der Waals surface area contributed by atoms with E-state index in [-0.39, 0.29) is 51.8 Å². The van der Waals surface area contributed by atoms with E-state index in [4.69, 9.17) is 14.2 Å². The maximum Gasteiger partial charge on any atom is 0.331 e. The zero-order valence-corrected chi connectivity index (χ0v) is 21.9. The van der Waals surface area contributed by atoms with E-state index in [1.54, 1.807) is 30.9 Å². The summed E-state index contributed by atoms with van der Waals surface area (Å²) < 4.78 is 17.4. The number of phenols is 1. The molecule has 1 aliphatic carbocycles. The van der Waals surface area contributed by atoms with Gasteiger partial charge in [0.15, 0.2) is 5.78 Å². The second-order valence-electron chi connectivity index (χ2n) is 10.9. The van der Waals surface area contributed by atoms with Gasteiger partial charge in [-0.25, -0.2) is 4.79 Å². The van der Waals surface area contributed by atoms with Crippen LogP contribution in [0.3, 0.4) is 0 Å². The molecule has 0 amide bonds. The molecule has 3 heterocycles. The van der Waals surface area contributed by atoms with Gasteiger partial charge in [0.1, 0.15) is 29.3 Å². The van der Waals surface area contributed by atoms with Crippen LogP contribution < -0.4 is 4.74 Å². The highest BCUT2D eigenvalue weighted by Crippen LogP contribution is 2.52. The summed E-state index contributed by atoms with van der Waals surface area (Å²) in [6.07, 6.45) is -4.90. The summed E-state index contributed by atoms with van der Waals surface area (Å²) in [5, 5.41) is 31.2. The number of ketones is 2. The molecule has 2 fully saturated rings. The van der Waals surface area contributed by atoms with Crippen molar-refractivity contribution in [1.82, 2.24) is 4.90 Å². The molecule has 0 bridgehead atoms. The third-order valence-corrected chi connectivity index (χ3v) is 7.83. The number of Topliss-reactive ketones (excluding diaryl/α,β-unsaturated/α-hetero) is 2. The largest absolute Gasteiger partial charge is 0.507 e. The Morgan fingerprint density at radius 3 is 2.51 bits per heavy atom. The van der Waals surface area contributed by atoms with Crippen molar-refractivity contribution in [2.24, 2.45) is 5.92 Å². The van der Waals surface area contributed by atoms with Crippen molar-refractivity contribution in [2.75, 3.05) is 0 Å². The number of benzene rings is 2. The third-order valence-electron chi connectivity index (χ3n) is 7.83. The van der Waals surface area contributed by atoms with Crippen molar-refractivity contribution in [3.8, 4) is 11.5 Å². The van der Waals surface area contributed by atoms with Gasteiger partial charge in [0, 0.05) is 23.1 Å². The van der Waals surface area contributed by atoms with Crippen molar-refractivity contribution < 1.29 is 43.9 Å². The van der Waals surface area contributed by atoms with Crippen LogP contribution in [0.15, 0.2) is 36.0 Å². The monoisotopic (exact) mass is 535 g/mol. The van der Waals surface area contributed by atoms with Gasteiger partial charge < -0.3 is 34.4 Å². The lowest BCUT2D eigenvalue weighted by Crippen LogP contribution is -2.48. The molecule has 0 aromatic heterocycles. The Kier molecular flexibility index (Phi) is 5.83. The molecule has 204 valence electrons. The van der Waals surface area contributed by atoms with Crippen LogP contribution in [0.25, 0.3) is 5.57 Å². The van der Waals surface area contributed by atoms with Crippen molar-refractivity contribution >= 4 is 23.1 Å². The van der Waals surface area contributed by atoms with Gasteiger partial charge in [0.2, 0.25) is 18.3 Å². The first-order valence-corrected chi connectivity index (χ1v) is 13.0. The summed E-state index contributed by atoms with van der Waals surface area (Å²) in [5.74, 6) is -1.95. The average molecular weight is 536 g/mol. The van der Waals surface area contributed by atoms with Gasteiger partial charge in [-0.2, -0.15) is 0 Å². The Balaban J connectivity index is 1.52. The fourth-order valence-electron chi connectivity index (χ4n) is 6.07. The lowest BCUT2D eigenvalue weighted by atomic mass is 9.78. The average Bonchev–Trinajstić information content (AvgIpc) is 3.22. The summed E-state index contributed by atoms with van der Waals surface area (Å²) in [4.78, 5) is 43.1. The summed E-state index contributed by atoms with van der Waals surface area (Å²) in [6, 6.07) is 7.04. The van der Waals surface area contributed by atoms with Crippen LogP contribution in [0, 0.1) is 12.8 Å². The predicted octanol–water partition coefficient (Wildman–Crippen LogP) is 2.62. The molecule has 2 aromatic rings. The Hall–Kier alpha value is -3.73. The van der Waals surface area contributed by atoms with E-state index in [0.29, 0.717) is 11.1 Å². The van der Waals surface area contributed by atoms with Crippen LogP contribution in [-0.2, 0) is 14.3 Å². The number of carbonyl (C=O) groups is 3. The number of hydrogen-bond donors (Lipinski definition) is 3. The lowest BCUT2D eigenvalue weighted by molar-refractivity contribution is -0.216. The van der Waals surface area contributed by atoms with Gasteiger partial charge in [-0.15, -0.1) is 0 Å². The Bertz CT molecular complexity index is 1450. The quantitative estimate of drug-likeness (QED) is 0.502. The number of rotatable bonds is 3. The van der Waals surface area contributed by atoms with Crippen molar-refractivity contribution in [1.29, 1.82) is 0 Å². The van der Waals surface area contributed by atoms with Crippen molar-refractivity contribution in [3.05, 3.63) is 63.8 Å². The number of hydrogen-bond acceptors (Lipinski definition) is 10. The SMILES string of the molecule is Cc1cc(O)c2c(c1)C1OC(=O)[C@H](C(C)C)N1C1=C2C(=O)c2cccc(O[C@H]3C[C@@H](O)[C@@H](O)[C@H](C)O3)c2C1=O. The number of ether oxygens (including phenoxy) is 3.